The zero-order valence-corrected chi connectivity index (χ0v) is 6.90. The third kappa shape index (κ3) is 1.08. The van der Waals surface area contributed by atoms with Crippen LogP contribution in [0.4, 0.5) is 5.69 Å². The van der Waals surface area contributed by atoms with Crippen molar-refractivity contribution >= 4 is 28.8 Å². The number of hydrogen-bond donors (Lipinski definition) is 2. The average Bonchev–Trinajstić information content (AvgIpc) is 2.44. The van der Waals surface area contributed by atoms with Gasteiger partial charge < -0.3 is 10.6 Å². The maximum absolute atomic E-state index is 11.2. The van der Waals surface area contributed by atoms with Crippen LogP contribution in [0.2, 0.25) is 0 Å². The van der Waals surface area contributed by atoms with E-state index in [1.807, 2.05) is 0 Å². The van der Waals surface area contributed by atoms with Crippen LogP contribution < -0.4 is 10.6 Å². The smallest absolute Gasteiger partial charge is 0.263 e. The van der Waals surface area contributed by atoms with E-state index in [-0.39, 0.29) is 18.4 Å². The number of anilines is 1. The van der Waals surface area contributed by atoms with Gasteiger partial charge in [0, 0.05) is 0 Å². The Hall–Kier alpha value is -1.36. The number of rotatable bonds is 0. The maximum atomic E-state index is 11.2. The molecule has 2 N–H and O–H groups in total. The average molecular weight is 182 g/mol. The van der Waals surface area contributed by atoms with E-state index >= 15 is 0 Å². The Balaban J connectivity index is 2.45. The lowest BCUT2D eigenvalue weighted by Crippen LogP contribution is -2.28. The molecule has 1 aromatic rings. The van der Waals surface area contributed by atoms with Crippen molar-refractivity contribution in [2.45, 2.75) is 0 Å². The normalized spacial score (nSPS) is 16.0. The quantitative estimate of drug-likeness (QED) is 0.611. The van der Waals surface area contributed by atoms with Gasteiger partial charge in [-0.05, 0) is 11.4 Å². The molecule has 0 aromatic carbocycles. The molecule has 12 heavy (non-hydrogen) atoms. The SMILES string of the molecule is O=C1CNC(=O)c2sccc2N1. The van der Waals surface area contributed by atoms with Gasteiger partial charge in [0.15, 0.2) is 0 Å². The molecule has 0 unspecified atom stereocenters. The highest BCUT2D eigenvalue weighted by atomic mass is 32.1. The van der Waals surface area contributed by atoms with Crippen molar-refractivity contribution in [1.82, 2.24) is 5.32 Å². The van der Waals surface area contributed by atoms with Gasteiger partial charge in [0.1, 0.15) is 4.88 Å². The number of nitrogens with one attached hydrogen (secondary N) is 2. The van der Waals surface area contributed by atoms with Crippen LogP contribution in [-0.2, 0) is 4.79 Å². The Morgan fingerprint density at radius 2 is 2.25 bits per heavy atom. The lowest BCUT2D eigenvalue weighted by molar-refractivity contribution is -0.115. The summed E-state index contributed by atoms with van der Waals surface area (Å²) < 4.78 is 0. The first-order chi connectivity index (χ1) is 5.77. The summed E-state index contributed by atoms with van der Waals surface area (Å²) in [7, 11) is 0. The van der Waals surface area contributed by atoms with E-state index in [1.54, 1.807) is 11.4 Å². The van der Waals surface area contributed by atoms with Gasteiger partial charge in [0.2, 0.25) is 5.91 Å². The van der Waals surface area contributed by atoms with Crippen LogP contribution in [0.25, 0.3) is 0 Å². The predicted molar refractivity (Wildman–Crippen MR) is 45.3 cm³/mol. The fraction of sp³-hybridized carbons (Fsp3) is 0.143. The summed E-state index contributed by atoms with van der Waals surface area (Å²) in [6, 6.07) is 1.72. The minimum absolute atomic E-state index is 0.0558. The first-order valence-electron chi connectivity index (χ1n) is 3.43. The van der Waals surface area contributed by atoms with Crippen molar-refractivity contribution in [2.75, 3.05) is 11.9 Å². The number of amides is 2. The van der Waals surface area contributed by atoms with Gasteiger partial charge in [-0.2, -0.15) is 0 Å². The van der Waals surface area contributed by atoms with Crippen molar-refractivity contribution in [3.63, 3.8) is 0 Å². The minimum atomic E-state index is -0.182. The molecule has 0 radical (unpaired) electrons. The van der Waals surface area contributed by atoms with Crippen LogP contribution in [-0.4, -0.2) is 18.4 Å². The maximum Gasteiger partial charge on any atom is 0.263 e. The van der Waals surface area contributed by atoms with Crippen molar-refractivity contribution in [3.8, 4) is 0 Å². The van der Waals surface area contributed by atoms with E-state index in [1.165, 1.54) is 11.3 Å². The largest absolute Gasteiger partial charge is 0.342 e. The fourth-order valence-electron chi connectivity index (χ4n) is 1.02. The van der Waals surface area contributed by atoms with Crippen LogP contribution in [0.1, 0.15) is 9.67 Å². The number of carbonyl (C=O) groups is 2. The van der Waals surface area contributed by atoms with Gasteiger partial charge in [-0.1, -0.05) is 0 Å². The summed E-state index contributed by atoms with van der Waals surface area (Å²) in [6.45, 7) is 0.0558. The molecule has 0 saturated carbocycles. The van der Waals surface area contributed by atoms with Gasteiger partial charge >= 0.3 is 0 Å². The summed E-state index contributed by atoms with van der Waals surface area (Å²) in [5, 5.41) is 6.89. The second-order valence-electron chi connectivity index (χ2n) is 2.39. The second kappa shape index (κ2) is 2.60. The third-order valence-corrected chi connectivity index (χ3v) is 2.47. The molecule has 0 aliphatic carbocycles. The highest BCUT2D eigenvalue weighted by Gasteiger charge is 2.19. The van der Waals surface area contributed by atoms with E-state index in [0.717, 1.165) is 0 Å². The van der Waals surface area contributed by atoms with E-state index in [9.17, 15) is 9.59 Å². The summed E-state index contributed by atoms with van der Waals surface area (Å²) in [4.78, 5) is 22.8. The molecule has 1 aromatic heterocycles. The van der Waals surface area contributed by atoms with E-state index in [2.05, 4.69) is 10.6 Å². The Bertz CT molecular complexity index is 345. The summed E-state index contributed by atoms with van der Waals surface area (Å²) >= 11 is 1.32. The molecule has 1 aliphatic rings. The Morgan fingerprint density at radius 1 is 1.42 bits per heavy atom. The zero-order chi connectivity index (χ0) is 8.55. The number of hydrogen-bond acceptors (Lipinski definition) is 3. The molecule has 0 atom stereocenters. The third-order valence-electron chi connectivity index (χ3n) is 1.56. The van der Waals surface area contributed by atoms with Crippen LogP contribution >= 0.6 is 11.3 Å². The van der Waals surface area contributed by atoms with Crippen LogP contribution in [0.5, 0.6) is 0 Å². The second-order valence-corrected chi connectivity index (χ2v) is 3.31. The Morgan fingerprint density at radius 3 is 3.08 bits per heavy atom. The number of fused-ring (bicyclic) bond motifs is 1. The lowest BCUT2D eigenvalue weighted by Gasteiger charge is -1.95. The fourth-order valence-corrected chi connectivity index (χ4v) is 1.78. The molecule has 5 heteroatoms. The monoisotopic (exact) mass is 182 g/mol. The van der Waals surface area contributed by atoms with Crippen molar-refractivity contribution in [2.24, 2.45) is 0 Å². The molecule has 0 saturated heterocycles. The molecule has 1 aliphatic heterocycles. The molecule has 0 fully saturated rings. The summed E-state index contributed by atoms with van der Waals surface area (Å²) in [5.41, 5.74) is 0.611. The molecule has 0 spiro atoms. The highest BCUT2D eigenvalue weighted by Crippen LogP contribution is 2.22. The lowest BCUT2D eigenvalue weighted by atomic mass is 10.4. The van der Waals surface area contributed by atoms with E-state index in [0.29, 0.717) is 10.6 Å². The number of carbonyl (C=O) groups excluding carboxylic acids is 2. The number of thiophene rings is 1. The van der Waals surface area contributed by atoms with Crippen molar-refractivity contribution < 1.29 is 9.59 Å². The molecular formula is C7H6N2O2S. The predicted octanol–water partition coefficient (Wildman–Crippen LogP) is 0.430. The van der Waals surface area contributed by atoms with Crippen molar-refractivity contribution in [3.05, 3.63) is 16.3 Å². The molecule has 62 valence electrons. The van der Waals surface area contributed by atoms with Gasteiger partial charge in [-0.15, -0.1) is 11.3 Å². The summed E-state index contributed by atoms with van der Waals surface area (Å²) in [6.07, 6.45) is 0. The molecule has 4 nitrogen and oxygen atoms in total. The van der Waals surface area contributed by atoms with Gasteiger partial charge in [0.05, 0.1) is 12.2 Å². The van der Waals surface area contributed by atoms with Gasteiger partial charge in [0.25, 0.3) is 5.91 Å². The summed E-state index contributed by atoms with van der Waals surface area (Å²) in [5.74, 6) is -0.362. The van der Waals surface area contributed by atoms with Crippen LogP contribution in [0.3, 0.4) is 0 Å². The highest BCUT2D eigenvalue weighted by molar-refractivity contribution is 7.12. The first kappa shape index (κ1) is 7.30. The minimum Gasteiger partial charge on any atom is -0.342 e. The standard InChI is InChI=1S/C7H6N2O2S/c10-5-3-8-7(11)6-4(9-5)1-2-12-6/h1-2H,3H2,(H,8,11)(H,9,10). The Kier molecular flexibility index (Phi) is 1.58. The Labute approximate surface area is 72.6 Å². The van der Waals surface area contributed by atoms with E-state index < -0.39 is 0 Å². The topological polar surface area (TPSA) is 58.2 Å². The molecule has 2 rings (SSSR count). The zero-order valence-electron chi connectivity index (χ0n) is 6.09. The van der Waals surface area contributed by atoms with Gasteiger partial charge in [-0.3, -0.25) is 9.59 Å². The molecular weight excluding hydrogens is 176 g/mol. The molecule has 0 bridgehead atoms. The van der Waals surface area contributed by atoms with Crippen molar-refractivity contribution in [1.29, 1.82) is 0 Å². The molecule has 2 heterocycles. The van der Waals surface area contributed by atoms with Gasteiger partial charge in [-0.25, -0.2) is 0 Å². The first-order valence-corrected chi connectivity index (χ1v) is 4.31. The molecule has 2 amide bonds. The van der Waals surface area contributed by atoms with E-state index in [4.69, 9.17) is 0 Å². The van der Waals surface area contributed by atoms with Crippen LogP contribution in [0.15, 0.2) is 11.4 Å². The van der Waals surface area contributed by atoms with Crippen LogP contribution in [0, 0.1) is 0 Å².